The first kappa shape index (κ1) is 20.5. The summed E-state index contributed by atoms with van der Waals surface area (Å²) in [5.74, 6) is -5.91. The number of carbonyl (C=O) groups excluding carboxylic acids is 3. The van der Waals surface area contributed by atoms with Gasteiger partial charge in [-0.2, -0.15) is 11.8 Å². The van der Waals surface area contributed by atoms with Crippen molar-refractivity contribution in [1.82, 2.24) is 4.90 Å². The molecule has 1 radical (unpaired) electrons. The molecule has 1 amide bonds. The van der Waals surface area contributed by atoms with Crippen LogP contribution in [0.25, 0.3) is 0 Å². The van der Waals surface area contributed by atoms with E-state index in [9.17, 15) is 34.8 Å². The van der Waals surface area contributed by atoms with Gasteiger partial charge in [0.1, 0.15) is 22.8 Å². The summed E-state index contributed by atoms with van der Waals surface area (Å²) in [4.78, 5) is 40.1. The number of carbonyl (C=O) groups is 3. The highest BCUT2D eigenvalue weighted by Crippen LogP contribution is 2.54. The van der Waals surface area contributed by atoms with Gasteiger partial charge in [0.25, 0.3) is 5.91 Å². The molecule has 1 aromatic rings. The van der Waals surface area contributed by atoms with Gasteiger partial charge in [-0.25, -0.2) is 0 Å². The van der Waals surface area contributed by atoms with Crippen LogP contribution in [0.2, 0.25) is 0 Å². The van der Waals surface area contributed by atoms with Crippen molar-refractivity contribution in [3.05, 3.63) is 46.4 Å². The van der Waals surface area contributed by atoms with Gasteiger partial charge in [0, 0.05) is 16.1 Å². The third kappa shape index (κ3) is 2.47. The van der Waals surface area contributed by atoms with Crippen LogP contribution >= 0.6 is 11.8 Å². The highest BCUT2D eigenvalue weighted by Gasteiger charge is 2.63. The number of benzene rings is 1. The zero-order valence-electron chi connectivity index (χ0n) is 16.2. The van der Waals surface area contributed by atoms with E-state index >= 15 is 0 Å². The maximum absolute atomic E-state index is 13.1. The molecule has 1 aliphatic heterocycles. The predicted molar refractivity (Wildman–Crippen MR) is 108 cm³/mol. The Morgan fingerprint density at radius 1 is 1.23 bits per heavy atom. The van der Waals surface area contributed by atoms with Gasteiger partial charge in [-0.15, -0.1) is 0 Å². The average Bonchev–Trinajstić information content (AvgIpc) is 2.64. The van der Waals surface area contributed by atoms with E-state index in [4.69, 9.17) is 5.73 Å². The van der Waals surface area contributed by atoms with Crippen LogP contribution in [0.5, 0.6) is 5.75 Å². The molecular weight excluding hydrogens is 412 g/mol. The number of aromatic hydroxyl groups is 1. The van der Waals surface area contributed by atoms with Crippen molar-refractivity contribution in [3.63, 3.8) is 0 Å². The topological polar surface area (TPSA) is 161 Å². The quantitative estimate of drug-likeness (QED) is 0.284. The standard InChI is InChI=1S/C20H21N2O7S/c1-22(2)14-7-6-10-12(15(24)11-8(23)4-3-5-9(11)30-10)17(26)20(7,29)18(27)13(16(14)25)19(21)28/h3-5,7,10,14,23,25-26,29-30H,6H2,1-2H3,(H2,21,28). The average molecular weight is 433 g/mol. The summed E-state index contributed by atoms with van der Waals surface area (Å²) in [7, 11) is 3.17. The molecule has 4 unspecified atom stereocenters. The first-order chi connectivity index (χ1) is 14.0. The molecule has 0 saturated heterocycles. The van der Waals surface area contributed by atoms with Crippen molar-refractivity contribution in [2.45, 2.75) is 28.2 Å². The van der Waals surface area contributed by atoms with Crippen LogP contribution in [0.3, 0.4) is 0 Å². The van der Waals surface area contributed by atoms with Gasteiger partial charge >= 0.3 is 0 Å². The maximum atomic E-state index is 13.1. The molecule has 159 valence electrons. The Hall–Kier alpha value is -2.82. The molecule has 4 atom stereocenters. The molecular formula is C20H21N2O7S. The van der Waals surface area contributed by atoms with Crippen molar-refractivity contribution < 1.29 is 34.8 Å². The number of hydrogen-bond acceptors (Lipinski definition) is 8. The van der Waals surface area contributed by atoms with Crippen LogP contribution in [-0.2, 0) is 9.59 Å². The lowest BCUT2D eigenvalue weighted by Crippen LogP contribution is -2.64. The summed E-state index contributed by atoms with van der Waals surface area (Å²) in [6, 6.07) is 3.63. The number of nitrogens with zero attached hydrogens (tertiary/aromatic N) is 1. The highest BCUT2D eigenvalue weighted by atomic mass is 32.2. The first-order valence-corrected chi connectivity index (χ1v) is 10.2. The summed E-state index contributed by atoms with van der Waals surface area (Å²) >= 11 is 0.600. The lowest BCUT2D eigenvalue weighted by molar-refractivity contribution is -0.147. The van der Waals surface area contributed by atoms with Crippen LogP contribution in [0.15, 0.2) is 45.8 Å². The minimum Gasteiger partial charge on any atom is -0.510 e. The zero-order chi connectivity index (χ0) is 22.1. The van der Waals surface area contributed by atoms with E-state index < -0.39 is 57.4 Å². The van der Waals surface area contributed by atoms with E-state index in [1.165, 1.54) is 11.0 Å². The van der Waals surface area contributed by atoms with Gasteiger partial charge in [-0.3, -0.25) is 19.3 Å². The molecule has 30 heavy (non-hydrogen) atoms. The zero-order valence-corrected chi connectivity index (χ0v) is 17.1. The van der Waals surface area contributed by atoms with E-state index in [1.54, 1.807) is 26.2 Å². The monoisotopic (exact) mass is 433 g/mol. The number of aliphatic hydroxyl groups is 3. The van der Waals surface area contributed by atoms with Crippen molar-refractivity contribution in [3.8, 4) is 5.75 Å². The molecule has 0 fully saturated rings. The summed E-state index contributed by atoms with van der Waals surface area (Å²) < 4.78 is 0. The Morgan fingerprint density at radius 2 is 1.90 bits per heavy atom. The van der Waals surface area contributed by atoms with Gasteiger partial charge in [-0.1, -0.05) is 6.07 Å². The number of primary amides is 1. The fraction of sp³-hybridized carbons (Fsp3) is 0.350. The lowest BCUT2D eigenvalue weighted by Gasteiger charge is -2.50. The van der Waals surface area contributed by atoms with E-state index in [0.29, 0.717) is 16.7 Å². The Morgan fingerprint density at radius 3 is 2.50 bits per heavy atom. The van der Waals surface area contributed by atoms with Gasteiger partial charge in [0.15, 0.2) is 11.4 Å². The van der Waals surface area contributed by atoms with Crippen molar-refractivity contribution >= 4 is 29.2 Å². The largest absolute Gasteiger partial charge is 0.510 e. The lowest BCUT2D eigenvalue weighted by atomic mass is 9.63. The number of hydrogen-bond donors (Lipinski definition) is 6. The number of aliphatic hydroxyl groups excluding tert-OH is 2. The molecule has 3 aliphatic rings. The summed E-state index contributed by atoms with van der Waals surface area (Å²) in [5, 5.41) is 42.6. The Bertz CT molecular complexity index is 1080. The van der Waals surface area contributed by atoms with Crippen LogP contribution in [0.4, 0.5) is 0 Å². The van der Waals surface area contributed by atoms with E-state index in [1.807, 2.05) is 0 Å². The normalized spacial score (nSPS) is 30.9. The number of thiol groups is 1. The number of rotatable bonds is 2. The summed E-state index contributed by atoms with van der Waals surface area (Å²) in [6.07, 6.45) is 0.0724. The molecule has 0 bridgehead atoms. The molecule has 10 heteroatoms. The minimum atomic E-state index is -2.61. The molecule has 1 aromatic carbocycles. The Labute approximate surface area is 175 Å². The van der Waals surface area contributed by atoms with Crippen molar-refractivity contribution in [2.75, 3.05) is 14.1 Å². The number of Topliss-reactive ketones (excluding diaryl/α,β-unsaturated/α-hetero) is 2. The van der Waals surface area contributed by atoms with E-state index in [-0.39, 0.29) is 23.3 Å². The SMILES string of the molecule is CN(C)C1C(O)=C(C(N)=O)C(=O)C2(O)C(O)=C3C(=O)c4c(O)cccc4[SH]C3CC12. The molecule has 4 rings (SSSR count). The van der Waals surface area contributed by atoms with Crippen molar-refractivity contribution in [2.24, 2.45) is 11.7 Å². The number of fused-ring (bicyclic) bond motifs is 3. The number of amides is 1. The fourth-order valence-corrected chi connectivity index (χ4v) is 6.29. The van der Waals surface area contributed by atoms with Crippen LogP contribution in [0.1, 0.15) is 16.8 Å². The molecule has 0 saturated carbocycles. The van der Waals surface area contributed by atoms with E-state index in [2.05, 4.69) is 0 Å². The number of likely N-dealkylation sites (N-methyl/N-ethyl adjacent to an activating group) is 1. The number of phenols is 1. The van der Waals surface area contributed by atoms with Gasteiger partial charge in [-0.05, 0) is 32.6 Å². The Kier molecular flexibility index (Phi) is 4.49. The summed E-state index contributed by atoms with van der Waals surface area (Å²) in [5.41, 5.74) is 1.68. The molecule has 0 aromatic heterocycles. The second kappa shape index (κ2) is 6.59. The van der Waals surface area contributed by atoms with Crippen LogP contribution in [-0.4, -0.2) is 73.8 Å². The smallest absolute Gasteiger partial charge is 0.255 e. The highest BCUT2D eigenvalue weighted by molar-refractivity contribution is 8.00. The molecule has 6 N–H and O–H groups in total. The third-order valence-electron chi connectivity index (χ3n) is 6.04. The Balaban J connectivity index is 1.97. The molecule has 9 nitrogen and oxygen atoms in total. The number of phenolic OH excluding ortho intramolecular Hbond substituents is 1. The summed E-state index contributed by atoms with van der Waals surface area (Å²) in [6.45, 7) is 0. The predicted octanol–water partition coefficient (Wildman–Crippen LogP) is 0.155. The number of nitrogens with two attached hydrogens (primary N) is 1. The van der Waals surface area contributed by atoms with Gasteiger partial charge < -0.3 is 26.2 Å². The molecule has 2 aliphatic carbocycles. The van der Waals surface area contributed by atoms with Crippen LogP contribution < -0.4 is 5.73 Å². The number of ketones is 2. The van der Waals surface area contributed by atoms with Gasteiger partial charge in [0.05, 0.1) is 17.2 Å². The van der Waals surface area contributed by atoms with E-state index in [0.717, 1.165) is 0 Å². The van der Waals surface area contributed by atoms with Crippen molar-refractivity contribution in [1.29, 1.82) is 0 Å². The second-order valence-electron chi connectivity index (χ2n) is 7.88. The first-order valence-electron chi connectivity index (χ1n) is 9.19. The second-order valence-corrected chi connectivity index (χ2v) is 9.24. The van der Waals surface area contributed by atoms with Gasteiger partial charge in [0.2, 0.25) is 5.78 Å². The fourth-order valence-electron chi connectivity index (χ4n) is 4.74. The minimum absolute atomic E-state index is 0.0000475. The molecule has 1 heterocycles. The maximum Gasteiger partial charge on any atom is 0.255 e. The van der Waals surface area contributed by atoms with Crippen LogP contribution in [0, 0.1) is 5.92 Å². The molecule has 0 spiro atoms. The third-order valence-corrected chi connectivity index (χ3v) is 7.48.